The molecule has 8 heteroatoms. The van der Waals surface area contributed by atoms with Crippen molar-refractivity contribution in [3.05, 3.63) is 60.9 Å². The van der Waals surface area contributed by atoms with Crippen molar-refractivity contribution >= 4 is 32.6 Å². The van der Waals surface area contributed by atoms with E-state index in [0.717, 1.165) is 10.8 Å². The Morgan fingerprint density at radius 3 is 1.96 bits per heavy atom. The number of benzene rings is 2. The van der Waals surface area contributed by atoms with E-state index < -0.39 is 15.6 Å². The van der Waals surface area contributed by atoms with Gasteiger partial charge < -0.3 is 10.5 Å². The van der Waals surface area contributed by atoms with E-state index in [4.69, 9.17) is 15.6 Å². The molecule has 0 fully saturated rings. The van der Waals surface area contributed by atoms with Gasteiger partial charge in [0, 0.05) is 18.1 Å². The van der Waals surface area contributed by atoms with Crippen LogP contribution in [0.15, 0.2) is 65.8 Å². The van der Waals surface area contributed by atoms with Gasteiger partial charge in [-0.15, -0.1) is 0 Å². The summed E-state index contributed by atoms with van der Waals surface area (Å²) in [6.07, 6.45) is 3.22. The van der Waals surface area contributed by atoms with Gasteiger partial charge in [0.1, 0.15) is 5.60 Å². The second-order valence-corrected chi connectivity index (χ2v) is 8.45. The fourth-order valence-corrected chi connectivity index (χ4v) is 2.76. The van der Waals surface area contributed by atoms with E-state index in [1.54, 1.807) is 18.5 Å². The average Bonchev–Trinajstić information content (AvgIpc) is 2.97. The van der Waals surface area contributed by atoms with Crippen molar-refractivity contribution < 1.29 is 17.9 Å². The lowest BCUT2D eigenvalue weighted by Crippen LogP contribution is -2.26. The van der Waals surface area contributed by atoms with Crippen molar-refractivity contribution in [3.63, 3.8) is 0 Å². The van der Waals surface area contributed by atoms with Crippen LogP contribution in [0, 0.1) is 0 Å². The van der Waals surface area contributed by atoms with Crippen molar-refractivity contribution in [1.29, 1.82) is 0 Å². The van der Waals surface area contributed by atoms with Gasteiger partial charge in [-0.05, 0) is 49.7 Å². The average molecular weight is 389 g/mol. The number of nitrogens with zero attached hydrogens (tertiary/aromatic N) is 1. The van der Waals surface area contributed by atoms with Gasteiger partial charge in [0.2, 0.25) is 10.0 Å². The number of aromatic nitrogens is 1. The molecule has 0 aliphatic rings. The molecule has 0 spiro atoms. The van der Waals surface area contributed by atoms with Crippen molar-refractivity contribution in [2.45, 2.75) is 31.3 Å². The van der Waals surface area contributed by atoms with Gasteiger partial charge in [-0.25, -0.2) is 18.4 Å². The molecule has 3 rings (SSSR count). The molecule has 0 atom stereocenters. The zero-order valence-corrected chi connectivity index (χ0v) is 16.2. The molecule has 2 aromatic carbocycles. The minimum Gasteiger partial charge on any atom is -0.443 e. The van der Waals surface area contributed by atoms with E-state index in [2.05, 4.69) is 0 Å². The third-order valence-corrected chi connectivity index (χ3v) is 4.25. The Bertz CT molecular complexity index is 1020. The lowest BCUT2D eigenvalue weighted by atomic mass is 10.2. The highest BCUT2D eigenvalue weighted by Gasteiger charge is 2.17. The third kappa shape index (κ3) is 6.12. The molecule has 4 N–H and O–H groups in total. The summed E-state index contributed by atoms with van der Waals surface area (Å²) in [7, 11) is -3.61. The summed E-state index contributed by atoms with van der Waals surface area (Å²) in [6, 6.07) is 13.7. The number of hydrogen-bond acceptors (Lipinski definition) is 5. The number of primary sulfonamides is 1. The Morgan fingerprint density at radius 1 is 1.00 bits per heavy atom. The largest absolute Gasteiger partial charge is 0.443 e. The van der Waals surface area contributed by atoms with Crippen molar-refractivity contribution in [2.75, 3.05) is 5.73 Å². The van der Waals surface area contributed by atoms with Crippen molar-refractivity contribution in [2.24, 2.45) is 5.14 Å². The molecular formula is C19H23N3O4S. The molecule has 3 aromatic rings. The topological polar surface area (TPSA) is 117 Å². The van der Waals surface area contributed by atoms with Gasteiger partial charge in [-0.1, -0.05) is 30.3 Å². The Balaban J connectivity index is 0.000000208. The highest BCUT2D eigenvalue weighted by Crippen LogP contribution is 2.16. The molecule has 1 heterocycles. The van der Waals surface area contributed by atoms with Gasteiger partial charge in [0.15, 0.2) is 0 Å². The van der Waals surface area contributed by atoms with Gasteiger partial charge in [-0.2, -0.15) is 0 Å². The summed E-state index contributed by atoms with van der Waals surface area (Å²) in [4.78, 5) is 11.8. The van der Waals surface area contributed by atoms with Crippen LogP contribution in [0.2, 0.25) is 0 Å². The quantitative estimate of drug-likeness (QED) is 0.619. The summed E-state index contributed by atoms with van der Waals surface area (Å²) in [5.41, 5.74) is 5.26. The highest BCUT2D eigenvalue weighted by atomic mass is 32.2. The number of carbonyl (C=O) groups excluding carboxylic acids is 1. The maximum Gasteiger partial charge on any atom is 0.418 e. The standard InChI is InChI=1S/C13H15NO2.C6H8N2O2S/c1-13(2,3)16-12(15)14-8-10-6-4-5-7-11(10)9-14;7-5-2-1-3-6(4-5)11(8,9)10/h4-9H,1-3H3;1-4H,7H2,(H2,8,9,10). The molecule has 0 aliphatic carbocycles. The maximum absolute atomic E-state index is 11.8. The molecule has 7 nitrogen and oxygen atoms in total. The van der Waals surface area contributed by atoms with Crippen LogP contribution in [0.4, 0.5) is 10.5 Å². The summed E-state index contributed by atoms with van der Waals surface area (Å²) < 4.78 is 28.2. The lowest BCUT2D eigenvalue weighted by molar-refractivity contribution is 0.0538. The number of carbonyl (C=O) groups is 1. The van der Waals surface area contributed by atoms with Crippen molar-refractivity contribution in [3.8, 4) is 0 Å². The van der Waals surface area contributed by atoms with Crippen molar-refractivity contribution in [1.82, 2.24) is 4.57 Å². The molecule has 144 valence electrons. The van der Waals surface area contributed by atoms with E-state index in [-0.39, 0.29) is 11.0 Å². The van der Waals surface area contributed by atoms with Gasteiger partial charge >= 0.3 is 6.09 Å². The van der Waals surface area contributed by atoms with Crippen LogP contribution in [-0.4, -0.2) is 24.7 Å². The van der Waals surface area contributed by atoms with Gasteiger partial charge in [0.05, 0.1) is 4.90 Å². The summed E-state index contributed by atoms with van der Waals surface area (Å²) >= 11 is 0. The van der Waals surface area contributed by atoms with Crippen LogP contribution in [0.3, 0.4) is 0 Å². The predicted octanol–water partition coefficient (Wildman–Crippen LogP) is 3.34. The molecule has 27 heavy (non-hydrogen) atoms. The van der Waals surface area contributed by atoms with Crippen LogP contribution in [-0.2, 0) is 14.8 Å². The smallest absolute Gasteiger partial charge is 0.418 e. The van der Waals surface area contributed by atoms with E-state index in [1.807, 2.05) is 45.0 Å². The summed E-state index contributed by atoms with van der Waals surface area (Å²) in [5.74, 6) is 0. The second-order valence-electron chi connectivity index (χ2n) is 6.89. The first kappa shape index (κ1) is 20.5. The normalized spacial score (nSPS) is 11.6. The van der Waals surface area contributed by atoms with E-state index >= 15 is 0 Å². The first-order valence-corrected chi connectivity index (χ1v) is 9.69. The molecule has 0 amide bonds. The highest BCUT2D eigenvalue weighted by molar-refractivity contribution is 7.89. The van der Waals surface area contributed by atoms with Crippen LogP contribution < -0.4 is 10.9 Å². The molecular weight excluding hydrogens is 366 g/mol. The number of anilines is 1. The van der Waals surface area contributed by atoms with Gasteiger partial charge in [-0.3, -0.25) is 4.57 Å². The number of hydrogen-bond donors (Lipinski definition) is 2. The summed E-state index contributed by atoms with van der Waals surface area (Å²) in [6.45, 7) is 5.57. The number of nitrogen functional groups attached to an aromatic ring is 1. The number of ether oxygens (including phenoxy) is 1. The van der Waals surface area contributed by atoms with Crippen LogP contribution in [0.1, 0.15) is 20.8 Å². The molecule has 0 unspecified atom stereocenters. The fraction of sp³-hybridized carbons (Fsp3) is 0.211. The van der Waals surface area contributed by atoms with Crippen LogP contribution >= 0.6 is 0 Å². The van der Waals surface area contributed by atoms with E-state index in [9.17, 15) is 13.2 Å². The minimum atomic E-state index is -3.61. The molecule has 0 bridgehead atoms. The SMILES string of the molecule is CC(C)(C)OC(=O)n1cc2ccccc2c1.Nc1cccc(S(N)(=O)=O)c1. The number of rotatable bonds is 1. The maximum atomic E-state index is 11.8. The van der Waals surface area contributed by atoms with E-state index in [0.29, 0.717) is 5.69 Å². The molecule has 0 aliphatic heterocycles. The molecule has 0 saturated heterocycles. The predicted molar refractivity (Wildman–Crippen MR) is 106 cm³/mol. The molecule has 1 aromatic heterocycles. The fourth-order valence-electron chi connectivity index (χ4n) is 2.19. The minimum absolute atomic E-state index is 0.0394. The Hall–Kier alpha value is -2.84. The van der Waals surface area contributed by atoms with Crippen LogP contribution in [0.5, 0.6) is 0 Å². The number of sulfonamides is 1. The first-order chi connectivity index (χ1) is 12.5. The first-order valence-electron chi connectivity index (χ1n) is 8.14. The zero-order valence-electron chi connectivity index (χ0n) is 15.4. The molecule has 0 saturated carbocycles. The second kappa shape index (κ2) is 7.81. The Labute approximate surface area is 158 Å². The lowest BCUT2D eigenvalue weighted by Gasteiger charge is -2.19. The Kier molecular flexibility index (Phi) is 5.92. The Morgan fingerprint density at radius 2 is 1.56 bits per heavy atom. The number of fused-ring (bicyclic) bond motifs is 1. The van der Waals surface area contributed by atoms with E-state index in [1.165, 1.54) is 22.8 Å². The van der Waals surface area contributed by atoms with Crippen LogP contribution in [0.25, 0.3) is 10.8 Å². The molecule has 0 radical (unpaired) electrons. The monoisotopic (exact) mass is 389 g/mol. The number of nitrogens with two attached hydrogens (primary N) is 2. The zero-order chi connectivity index (χ0) is 20.2. The third-order valence-electron chi connectivity index (χ3n) is 3.34. The summed E-state index contributed by atoms with van der Waals surface area (Å²) in [5, 5.41) is 6.91. The van der Waals surface area contributed by atoms with Gasteiger partial charge in [0.25, 0.3) is 0 Å².